The Kier molecular flexibility index (Phi) is 3.71. The number of piperazine rings is 1. The van der Waals surface area contributed by atoms with E-state index in [1.54, 1.807) is 12.7 Å². The summed E-state index contributed by atoms with van der Waals surface area (Å²) in [6.45, 7) is 9.97. The van der Waals surface area contributed by atoms with Crippen molar-refractivity contribution in [3.05, 3.63) is 36.7 Å². The molecule has 1 aliphatic rings. The summed E-state index contributed by atoms with van der Waals surface area (Å²) in [5.74, 6) is 1.88. The van der Waals surface area contributed by atoms with Gasteiger partial charge >= 0.3 is 0 Å². The number of imidazole rings is 2. The maximum atomic E-state index is 4.79. The van der Waals surface area contributed by atoms with Crippen molar-refractivity contribution in [1.29, 1.82) is 0 Å². The molecule has 1 saturated heterocycles. The molecule has 28 heavy (non-hydrogen) atoms. The molecule has 0 aliphatic carbocycles. The number of nitrogens with zero attached hydrogens (tertiary/aromatic N) is 8. The predicted octanol–water partition coefficient (Wildman–Crippen LogP) is 2.02. The van der Waals surface area contributed by atoms with Crippen LogP contribution in [0.2, 0.25) is 0 Å². The molecule has 0 amide bonds. The van der Waals surface area contributed by atoms with E-state index >= 15 is 0 Å². The van der Waals surface area contributed by atoms with Crippen LogP contribution in [0, 0.1) is 0 Å². The lowest BCUT2D eigenvalue weighted by Gasteiger charge is -2.35. The number of aromatic amines is 1. The summed E-state index contributed by atoms with van der Waals surface area (Å²) in [5, 5.41) is 4.79. The van der Waals surface area contributed by atoms with E-state index in [1.165, 1.54) is 0 Å². The van der Waals surface area contributed by atoms with Crippen molar-refractivity contribution >= 4 is 28.4 Å². The van der Waals surface area contributed by atoms with Crippen molar-refractivity contribution in [2.45, 2.75) is 26.2 Å². The zero-order valence-corrected chi connectivity index (χ0v) is 16.3. The Hall–Kier alpha value is -3.23. The number of nitrogens with one attached hydrogen (secondary N) is 1. The Morgan fingerprint density at radius 2 is 1.75 bits per heavy atom. The van der Waals surface area contributed by atoms with Gasteiger partial charge in [-0.3, -0.25) is 0 Å². The lowest BCUT2D eigenvalue weighted by molar-refractivity contribution is 0.572. The topological polar surface area (TPSA) is 91.1 Å². The Labute approximate surface area is 162 Å². The fourth-order valence-corrected chi connectivity index (χ4v) is 3.54. The zero-order valence-electron chi connectivity index (χ0n) is 16.3. The van der Waals surface area contributed by atoms with Gasteiger partial charge in [0, 0.05) is 31.6 Å². The first-order valence-electron chi connectivity index (χ1n) is 9.50. The van der Waals surface area contributed by atoms with Gasteiger partial charge in [0.05, 0.1) is 18.2 Å². The van der Waals surface area contributed by atoms with Crippen molar-refractivity contribution in [3.8, 4) is 0 Å². The summed E-state index contributed by atoms with van der Waals surface area (Å²) in [4.78, 5) is 25.3. The van der Waals surface area contributed by atoms with Gasteiger partial charge in [-0.1, -0.05) is 20.8 Å². The third-order valence-electron chi connectivity index (χ3n) is 5.18. The first kappa shape index (κ1) is 16.9. The lowest BCUT2D eigenvalue weighted by atomic mass is 9.93. The highest BCUT2D eigenvalue weighted by Gasteiger charge is 2.23. The van der Waals surface area contributed by atoms with Gasteiger partial charge in [-0.2, -0.15) is 0 Å². The molecule has 9 nitrogen and oxygen atoms in total. The standard InChI is InChI=1S/C19H23N9/c1-19(2,3)13-10-28-14(24-13)4-5-15(25-28)26-6-8-27(9-7-26)18-16-17(21-11-20-16)22-12-23-18/h4-5,10-12H,6-9H2,1-3H3,(H,20,21,22,23). The number of anilines is 2. The first-order valence-corrected chi connectivity index (χ1v) is 9.50. The molecule has 5 heterocycles. The number of H-pyrrole nitrogens is 1. The number of rotatable bonds is 2. The van der Waals surface area contributed by atoms with E-state index in [1.807, 2.05) is 16.8 Å². The highest BCUT2D eigenvalue weighted by Crippen LogP contribution is 2.24. The van der Waals surface area contributed by atoms with Gasteiger partial charge in [-0.05, 0) is 12.1 Å². The van der Waals surface area contributed by atoms with Crippen LogP contribution in [0.25, 0.3) is 16.8 Å². The summed E-state index contributed by atoms with van der Waals surface area (Å²) in [6, 6.07) is 4.10. The molecule has 0 aromatic carbocycles. The maximum absolute atomic E-state index is 4.79. The average Bonchev–Trinajstić information content (AvgIpc) is 3.34. The fourth-order valence-electron chi connectivity index (χ4n) is 3.54. The molecule has 9 heteroatoms. The van der Waals surface area contributed by atoms with Gasteiger partial charge in [0.15, 0.2) is 17.1 Å². The normalized spacial score (nSPS) is 15.7. The van der Waals surface area contributed by atoms with Gasteiger partial charge in [0.25, 0.3) is 0 Å². The van der Waals surface area contributed by atoms with E-state index in [2.05, 4.69) is 56.6 Å². The van der Waals surface area contributed by atoms with Gasteiger partial charge in [-0.25, -0.2) is 24.5 Å². The molecular weight excluding hydrogens is 354 g/mol. The van der Waals surface area contributed by atoms with Crippen molar-refractivity contribution in [1.82, 2.24) is 34.5 Å². The van der Waals surface area contributed by atoms with Crippen molar-refractivity contribution < 1.29 is 0 Å². The highest BCUT2D eigenvalue weighted by molar-refractivity contribution is 5.82. The number of aromatic nitrogens is 7. The zero-order chi connectivity index (χ0) is 19.3. The van der Waals surface area contributed by atoms with Crippen LogP contribution in [-0.2, 0) is 5.41 Å². The summed E-state index contributed by atoms with van der Waals surface area (Å²) in [7, 11) is 0. The molecule has 1 N–H and O–H groups in total. The summed E-state index contributed by atoms with van der Waals surface area (Å²) >= 11 is 0. The second kappa shape index (κ2) is 6.15. The molecule has 5 rings (SSSR count). The molecule has 0 radical (unpaired) electrons. The SMILES string of the molecule is CC(C)(C)c1cn2nc(N3CCN(c4ncnc5nc[nH]c45)CC3)ccc2n1. The molecule has 0 atom stereocenters. The van der Waals surface area contributed by atoms with Crippen LogP contribution in [0.3, 0.4) is 0 Å². The van der Waals surface area contributed by atoms with Gasteiger partial charge in [0.2, 0.25) is 0 Å². The Morgan fingerprint density at radius 3 is 2.54 bits per heavy atom. The van der Waals surface area contributed by atoms with Crippen LogP contribution in [0.15, 0.2) is 31.0 Å². The van der Waals surface area contributed by atoms with Crippen LogP contribution in [-0.4, -0.2) is 60.7 Å². The highest BCUT2D eigenvalue weighted by atomic mass is 15.4. The van der Waals surface area contributed by atoms with E-state index < -0.39 is 0 Å². The third-order valence-corrected chi connectivity index (χ3v) is 5.18. The molecular formula is C19H23N9. The predicted molar refractivity (Wildman–Crippen MR) is 108 cm³/mol. The molecule has 1 fully saturated rings. The Balaban J connectivity index is 1.36. The quantitative estimate of drug-likeness (QED) is 0.571. The summed E-state index contributed by atoms with van der Waals surface area (Å²) in [6.07, 6.45) is 5.27. The monoisotopic (exact) mass is 377 g/mol. The molecule has 4 aromatic heterocycles. The fraction of sp³-hybridized carbons (Fsp3) is 0.421. The van der Waals surface area contributed by atoms with E-state index in [0.29, 0.717) is 5.65 Å². The van der Waals surface area contributed by atoms with Crippen molar-refractivity contribution in [3.63, 3.8) is 0 Å². The van der Waals surface area contributed by atoms with E-state index in [9.17, 15) is 0 Å². The largest absolute Gasteiger partial charge is 0.352 e. The molecule has 0 spiro atoms. The second-order valence-corrected chi connectivity index (χ2v) is 8.14. The Bertz CT molecular complexity index is 1130. The van der Waals surface area contributed by atoms with Gasteiger partial charge in [0.1, 0.15) is 17.7 Å². The smallest absolute Gasteiger partial charge is 0.182 e. The molecule has 0 bridgehead atoms. The minimum absolute atomic E-state index is 0.00897. The maximum Gasteiger partial charge on any atom is 0.182 e. The van der Waals surface area contributed by atoms with E-state index in [0.717, 1.165) is 54.7 Å². The third kappa shape index (κ3) is 2.83. The number of hydrogen-bond donors (Lipinski definition) is 1. The van der Waals surface area contributed by atoms with Crippen molar-refractivity contribution in [2.75, 3.05) is 36.0 Å². The molecule has 1 aliphatic heterocycles. The number of hydrogen-bond acceptors (Lipinski definition) is 7. The first-order chi connectivity index (χ1) is 13.5. The Morgan fingerprint density at radius 1 is 0.964 bits per heavy atom. The molecule has 0 saturated carbocycles. The van der Waals surface area contributed by atoms with Crippen molar-refractivity contribution in [2.24, 2.45) is 0 Å². The van der Waals surface area contributed by atoms with Crippen LogP contribution in [0.4, 0.5) is 11.6 Å². The van der Waals surface area contributed by atoms with E-state index in [4.69, 9.17) is 10.1 Å². The van der Waals surface area contributed by atoms with Gasteiger partial charge < -0.3 is 14.8 Å². The van der Waals surface area contributed by atoms with Crippen LogP contribution >= 0.6 is 0 Å². The van der Waals surface area contributed by atoms with Crippen LogP contribution in [0.1, 0.15) is 26.5 Å². The molecule has 0 unspecified atom stereocenters. The van der Waals surface area contributed by atoms with Crippen LogP contribution < -0.4 is 9.80 Å². The second-order valence-electron chi connectivity index (χ2n) is 8.14. The minimum Gasteiger partial charge on any atom is -0.352 e. The number of fused-ring (bicyclic) bond motifs is 2. The molecule has 4 aromatic rings. The van der Waals surface area contributed by atoms with Crippen LogP contribution in [0.5, 0.6) is 0 Å². The minimum atomic E-state index is 0.00897. The van der Waals surface area contributed by atoms with Gasteiger partial charge in [-0.15, -0.1) is 5.10 Å². The molecule has 144 valence electrons. The lowest BCUT2D eigenvalue weighted by Crippen LogP contribution is -2.47. The average molecular weight is 377 g/mol. The van der Waals surface area contributed by atoms with E-state index in [-0.39, 0.29) is 5.41 Å². The summed E-state index contributed by atoms with van der Waals surface area (Å²) in [5.41, 5.74) is 3.54. The summed E-state index contributed by atoms with van der Waals surface area (Å²) < 4.78 is 1.89.